The third-order valence-corrected chi connectivity index (χ3v) is 6.99. The van der Waals surface area contributed by atoms with E-state index in [1.54, 1.807) is 22.7 Å². The molecule has 6 heteroatoms. The third kappa shape index (κ3) is 2.81. The molecule has 2 heterocycles. The molecule has 2 aromatic rings. The lowest BCUT2D eigenvalue weighted by atomic mass is 10.2. The lowest BCUT2D eigenvalue weighted by molar-refractivity contribution is 0.696. The van der Waals surface area contributed by atoms with Crippen LogP contribution in [0.3, 0.4) is 0 Å². The highest BCUT2D eigenvalue weighted by Crippen LogP contribution is 2.38. The molecular weight excluding hydrogens is 384 g/mol. The Labute approximate surface area is 126 Å². The smallest absolute Gasteiger partial charge is 0.115 e. The van der Waals surface area contributed by atoms with Crippen LogP contribution in [0.25, 0.3) is 0 Å². The van der Waals surface area contributed by atoms with Crippen LogP contribution >= 0.6 is 54.5 Å². The highest BCUT2D eigenvalue weighted by atomic mass is 79.9. The summed E-state index contributed by atoms with van der Waals surface area (Å²) >= 11 is 10.5. The summed E-state index contributed by atoms with van der Waals surface area (Å²) in [6, 6.07) is 2.32. The molecule has 0 amide bonds. The molecule has 0 saturated heterocycles. The van der Waals surface area contributed by atoms with Crippen LogP contribution in [0.1, 0.15) is 26.5 Å². The van der Waals surface area contributed by atoms with Crippen LogP contribution in [0.5, 0.6) is 0 Å². The molecule has 92 valence electrons. The van der Waals surface area contributed by atoms with Crippen LogP contribution in [-0.4, -0.2) is 12.0 Å². The number of rotatable bonds is 3. The van der Waals surface area contributed by atoms with Crippen molar-refractivity contribution in [2.75, 3.05) is 7.05 Å². The van der Waals surface area contributed by atoms with Crippen LogP contribution < -0.4 is 5.32 Å². The van der Waals surface area contributed by atoms with Gasteiger partial charge >= 0.3 is 0 Å². The van der Waals surface area contributed by atoms with E-state index in [4.69, 9.17) is 0 Å². The summed E-state index contributed by atoms with van der Waals surface area (Å²) in [5.74, 6) is 0. The number of nitrogens with zero attached hydrogens (tertiary/aromatic N) is 1. The summed E-state index contributed by atoms with van der Waals surface area (Å²) in [4.78, 5) is 7.18. The average Bonchev–Trinajstić information content (AvgIpc) is 2.75. The molecule has 2 rings (SSSR count). The summed E-state index contributed by atoms with van der Waals surface area (Å²) in [7, 11) is 1.97. The predicted octanol–water partition coefficient (Wildman–Crippen LogP) is 4.66. The molecule has 0 bridgehead atoms. The van der Waals surface area contributed by atoms with E-state index in [9.17, 15) is 0 Å². The molecule has 0 aliphatic carbocycles. The summed E-state index contributed by atoms with van der Waals surface area (Å²) in [5.41, 5.74) is 1.12. The van der Waals surface area contributed by atoms with Crippen molar-refractivity contribution in [2.24, 2.45) is 0 Å². The van der Waals surface area contributed by atoms with E-state index < -0.39 is 0 Å². The first kappa shape index (κ1) is 13.7. The van der Waals surface area contributed by atoms with Crippen molar-refractivity contribution < 1.29 is 0 Å². The number of halogens is 2. The minimum Gasteiger partial charge on any atom is -0.307 e. The maximum Gasteiger partial charge on any atom is 0.115 e. The minimum absolute atomic E-state index is 0.181. The number of aromatic nitrogens is 1. The van der Waals surface area contributed by atoms with Gasteiger partial charge in [0.25, 0.3) is 0 Å². The molecule has 1 unspecified atom stereocenters. The summed E-state index contributed by atoms with van der Waals surface area (Å²) < 4.78 is 2.22. The Morgan fingerprint density at radius 2 is 2.00 bits per heavy atom. The Bertz CT molecular complexity index is 448. The Balaban J connectivity index is 2.39. The third-order valence-electron chi connectivity index (χ3n) is 2.53. The van der Waals surface area contributed by atoms with E-state index >= 15 is 0 Å². The van der Waals surface area contributed by atoms with Gasteiger partial charge in [0, 0.05) is 14.2 Å². The number of hydrogen-bond acceptors (Lipinski definition) is 4. The quantitative estimate of drug-likeness (QED) is 0.817. The molecule has 0 aliphatic rings. The van der Waals surface area contributed by atoms with Gasteiger partial charge in [-0.3, -0.25) is 0 Å². The van der Waals surface area contributed by atoms with Crippen LogP contribution in [-0.2, 0) is 0 Å². The molecule has 0 spiro atoms. The standard InChI is InChI=1S/C11H12Br2N2S2/c1-5-6(2)16-11(15-5)9(14-3)8-4-7(12)10(13)17-8/h4,9,14H,1-3H3. The van der Waals surface area contributed by atoms with Crippen molar-refractivity contribution in [3.8, 4) is 0 Å². The molecule has 2 aromatic heterocycles. The molecule has 2 nitrogen and oxygen atoms in total. The summed E-state index contributed by atoms with van der Waals surface area (Å²) in [5, 5.41) is 4.46. The fourth-order valence-corrected chi connectivity index (χ4v) is 4.84. The van der Waals surface area contributed by atoms with Gasteiger partial charge in [-0.2, -0.15) is 0 Å². The molecule has 0 fully saturated rings. The zero-order chi connectivity index (χ0) is 12.6. The fourth-order valence-electron chi connectivity index (χ4n) is 1.51. The minimum atomic E-state index is 0.181. The van der Waals surface area contributed by atoms with Gasteiger partial charge in [0.1, 0.15) is 5.01 Å². The fraction of sp³-hybridized carbons (Fsp3) is 0.364. The van der Waals surface area contributed by atoms with Crippen molar-refractivity contribution in [1.82, 2.24) is 10.3 Å². The topological polar surface area (TPSA) is 24.9 Å². The van der Waals surface area contributed by atoms with Gasteiger partial charge in [0.05, 0.1) is 15.5 Å². The van der Waals surface area contributed by atoms with Gasteiger partial charge in [-0.1, -0.05) is 0 Å². The maximum absolute atomic E-state index is 4.63. The highest BCUT2D eigenvalue weighted by Gasteiger charge is 2.20. The van der Waals surface area contributed by atoms with Crippen molar-refractivity contribution in [3.63, 3.8) is 0 Å². The van der Waals surface area contributed by atoms with E-state index in [2.05, 4.69) is 62.1 Å². The predicted molar refractivity (Wildman–Crippen MR) is 82.2 cm³/mol. The first-order valence-corrected chi connectivity index (χ1v) is 8.30. The Kier molecular flexibility index (Phi) is 4.41. The van der Waals surface area contributed by atoms with Gasteiger partial charge in [-0.15, -0.1) is 22.7 Å². The molecular formula is C11H12Br2N2S2. The first-order chi connectivity index (χ1) is 8.02. The second kappa shape index (κ2) is 5.48. The Morgan fingerprint density at radius 3 is 2.41 bits per heavy atom. The average molecular weight is 396 g/mol. The van der Waals surface area contributed by atoms with E-state index in [0.717, 1.165) is 19.0 Å². The van der Waals surface area contributed by atoms with E-state index in [-0.39, 0.29) is 6.04 Å². The summed E-state index contributed by atoms with van der Waals surface area (Å²) in [6.45, 7) is 4.17. The number of hydrogen-bond donors (Lipinski definition) is 1. The van der Waals surface area contributed by atoms with Crippen molar-refractivity contribution in [1.29, 1.82) is 0 Å². The zero-order valence-electron chi connectivity index (χ0n) is 9.67. The van der Waals surface area contributed by atoms with Crippen molar-refractivity contribution in [3.05, 3.63) is 34.8 Å². The number of aryl methyl sites for hydroxylation is 2. The molecule has 0 saturated carbocycles. The Morgan fingerprint density at radius 1 is 1.29 bits per heavy atom. The lowest BCUT2D eigenvalue weighted by Gasteiger charge is -2.10. The van der Waals surface area contributed by atoms with E-state index in [0.29, 0.717) is 0 Å². The number of thiophene rings is 1. The van der Waals surface area contributed by atoms with Crippen molar-refractivity contribution in [2.45, 2.75) is 19.9 Å². The second-order valence-electron chi connectivity index (χ2n) is 3.69. The molecule has 1 N–H and O–H groups in total. The van der Waals surface area contributed by atoms with Crippen LogP contribution in [0, 0.1) is 13.8 Å². The number of nitrogens with one attached hydrogen (secondary N) is 1. The highest BCUT2D eigenvalue weighted by molar-refractivity contribution is 9.13. The van der Waals surface area contributed by atoms with Crippen LogP contribution in [0.4, 0.5) is 0 Å². The normalized spacial score (nSPS) is 13.0. The molecule has 17 heavy (non-hydrogen) atoms. The lowest BCUT2D eigenvalue weighted by Crippen LogP contribution is -2.16. The molecule has 0 aromatic carbocycles. The molecule has 0 radical (unpaired) electrons. The van der Waals surface area contributed by atoms with E-state index in [1.165, 1.54) is 9.75 Å². The van der Waals surface area contributed by atoms with Crippen LogP contribution in [0.15, 0.2) is 14.3 Å². The summed E-state index contributed by atoms with van der Waals surface area (Å²) in [6.07, 6.45) is 0. The largest absolute Gasteiger partial charge is 0.307 e. The number of thiazole rings is 1. The SMILES string of the molecule is CNC(c1cc(Br)c(Br)s1)c1nc(C)c(C)s1. The maximum atomic E-state index is 4.63. The first-order valence-electron chi connectivity index (χ1n) is 5.09. The second-order valence-corrected chi connectivity index (χ2v) is 8.18. The van der Waals surface area contributed by atoms with Crippen molar-refractivity contribution >= 4 is 54.5 Å². The van der Waals surface area contributed by atoms with Gasteiger partial charge in [-0.25, -0.2) is 4.98 Å². The van der Waals surface area contributed by atoms with Crippen LogP contribution in [0.2, 0.25) is 0 Å². The molecule has 1 atom stereocenters. The van der Waals surface area contributed by atoms with Gasteiger partial charge in [0.15, 0.2) is 0 Å². The van der Waals surface area contributed by atoms with Gasteiger partial charge in [-0.05, 0) is 58.8 Å². The molecule has 0 aliphatic heterocycles. The monoisotopic (exact) mass is 394 g/mol. The van der Waals surface area contributed by atoms with E-state index in [1.807, 2.05) is 7.05 Å². The van der Waals surface area contributed by atoms with Gasteiger partial charge in [0.2, 0.25) is 0 Å². The Hall–Kier alpha value is 0.250. The zero-order valence-corrected chi connectivity index (χ0v) is 14.5. The van der Waals surface area contributed by atoms with Gasteiger partial charge < -0.3 is 5.32 Å².